The molecule has 0 bridgehead atoms. The fourth-order valence-electron chi connectivity index (χ4n) is 0.483. The smallest absolute Gasteiger partial charge is 0.173 e. The Morgan fingerprint density at radius 1 is 1.55 bits per heavy atom. The van der Waals surface area contributed by atoms with Gasteiger partial charge in [-0.1, -0.05) is 6.58 Å². The molecule has 0 radical (unpaired) electrons. The molecule has 0 aliphatic heterocycles. The number of hydrogen-bond acceptors (Lipinski definition) is 3. The van der Waals surface area contributed by atoms with Crippen LogP contribution in [0, 0.1) is 0 Å². The third-order valence-corrected chi connectivity index (χ3v) is 2.32. The van der Waals surface area contributed by atoms with Crippen LogP contribution in [-0.2, 0) is 14.6 Å². The van der Waals surface area contributed by atoms with Crippen molar-refractivity contribution in [2.75, 3.05) is 12.4 Å². The zero-order valence-corrected chi connectivity index (χ0v) is 7.73. The summed E-state index contributed by atoms with van der Waals surface area (Å²) < 4.78 is 26.6. The van der Waals surface area contributed by atoms with E-state index in [2.05, 4.69) is 6.58 Å². The molecule has 0 unspecified atom stereocenters. The van der Waals surface area contributed by atoms with Crippen molar-refractivity contribution >= 4 is 9.84 Å². The van der Waals surface area contributed by atoms with Crippen molar-refractivity contribution < 1.29 is 13.2 Å². The number of hydrogen-bond donors (Lipinski definition) is 0. The maximum atomic E-state index is 10.8. The van der Waals surface area contributed by atoms with E-state index >= 15 is 0 Å². The van der Waals surface area contributed by atoms with E-state index in [0.717, 1.165) is 5.41 Å². The van der Waals surface area contributed by atoms with Gasteiger partial charge in [-0.3, -0.25) is 0 Å². The molecule has 0 aromatic heterocycles. The highest BCUT2D eigenvalue weighted by Gasteiger charge is 2.04. The summed E-state index contributed by atoms with van der Waals surface area (Å²) in [6, 6.07) is 0. The topological polar surface area (TPSA) is 43.4 Å². The Morgan fingerprint density at radius 3 is 2.45 bits per heavy atom. The van der Waals surface area contributed by atoms with E-state index in [1.54, 1.807) is 0 Å². The maximum absolute atomic E-state index is 10.8. The van der Waals surface area contributed by atoms with Crippen LogP contribution >= 0.6 is 0 Å². The molecular weight excluding hydrogens is 164 g/mol. The summed E-state index contributed by atoms with van der Waals surface area (Å²) in [5, 5.41) is 0.955. The van der Waals surface area contributed by atoms with E-state index in [4.69, 9.17) is 4.74 Å². The van der Waals surface area contributed by atoms with E-state index < -0.39 is 9.84 Å². The monoisotopic (exact) mass is 178 g/mol. The second-order valence-electron chi connectivity index (χ2n) is 2.45. The van der Waals surface area contributed by atoms with Crippen LogP contribution in [0.3, 0.4) is 0 Å². The molecule has 0 heterocycles. The minimum absolute atomic E-state index is 0.0225. The van der Waals surface area contributed by atoms with Crippen molar-refractivity contribution in [1.29, 1.82) is 0 Å². The zero-order valence-electron chi connectivity index (χ0n) is 6.91. The Labute approximate surface area is 68.0 Å². The van der Waals surface area contributed by atoms with Crippen LogP contribution in [0.4, 0.5) is 0 Å². The van der Waals surface area contributed by atoms with Gasteiger partial charge in [0.25, 0.3) is 0 Å². The Balaban J connectivity index is 3.64. The zero-order chi connectivity index (χ0) is 8.91. The molecule has 0 aromatic rings. The SMILES string of the molecule is C=CS(=O)(=O)CCOC(C)C. The van der Waals surface area contributed by atoms with Gasteiger partial charge < -0.3 is 4.74 Å². The molecule has 0 saturated carbocycles. The lowest BCUT2D eigenvalue weighted by Gasteiger charge is -2.05. The highest BCUT2D eigenvalue weighted by Crippen LogP contribution is 1.93. The van der Waals surface area contributed by atoms with Crippen LogP contribution in [-0.4, -0.2) is 26.9 Å². The Morgan fingerprint density at radius 2 is 2.09 bits per heavy atom. The van der Waals surface area contributed by atoms with E-state index in [1.165, 1.54) is 0 Å². The first-order chi connectivity index (χ1) is 4.98. The lowest BCUT2D eigenvalue weighted by molar-refractivity contribution is 0.0913. The second kappa shape index (κ2) is 4.51. The van der Waals surface area contributed by atoms with Crippen molar-refractivity contribution in [1.82, 2.24) is 0 Å². The quantitative estimate of drug-likeness (QED) is 0.630. The minimum atomic E-state index is -3.08. The number of rotatable bonds is 5. The van der Waals surface area contributed by atoms with Crippen molar-refractivity contribution in [3.63, 3.8) is 0 Å². The third-order valence-electron chi connectivity index (χ3n) is 1.07. The molecule has 0 N–H and O–H groups in total. The van der Waals surface area contributed by atoms with Crippen molar-refractivity contribution in [2.45, 2.75) is 20.0 Å². The second-order valence-corrected chi connectivity index (χ2v) is 4.52. The maximum Gasteiger partial charge on any atom is 0.173 e. The molecule has 0 aliphatic rings. The van der Waals surface area contributed by atoms with Crippen molar-refractivity contribution in [3.8, 4) is 0 Å². The molecule has 3 nitrogen and oxygen atoms in total. The number of ether oxygens (including phenoxy) is 1. The van der Waals surface area contributed by atoms with E-state index in [-0.39, 0.29) is 18.5 Å². The van der Waals surface area contributed by atoms with Gasteiger partial charge in [0.2, 0.25) is 0 Å². The van der Waals surface area contributed by atoms with Crippen molar-refractivity contribution in [3.05, 3.63) is 12.0 Å². The minimum Gasteiger partial charge on any atom is -0.378 e. The molecule has 4 heteroatoms. The molecule has 11 heavy (non-hydrogen) atoms. The molecule has 0 rings (SSSR count). The van der Waals surface area contributed by atoms with Gasteiger partial charge in [0.1, 0.15) is 0 Å². The Hall–Kier alpha value is -0.350. The molecule has 0 amide bonds. The fraction of sp³-hybridized carbons (Fsp3) is 0.714. The van der Waals surface area contributed by atoms with Gasteiger partial charge in [0.15, 0.2) is 9.84 Å². The normalized spacial score (nSPS) is 11.9. The molecule has 0 fully saturated rings. The predicted molar refractivity (Wildman–Crippen MR) is 45.1 cm³/mol. The Bertz CT molecular complexity index is 204. The first-order valence-corrected chi connectivity index (χ1v) is 5.16. The lowest BCUT2D eigenvalue weighted by atomic mass is 10.5. The summed E-state index contributed by atoms with van der Waals surface area (Å²) in [5.74, 6) is 0.0225. The molecule has 0 aliphatic carbocycles. The van der Waals surface area contributed by atoms with Crippen LogP contribution in [0.1, 0.15) is 13.8 Å². The van der Waals surface area contributed by atoms with Gasteiger partial charge >= 0.3 is 0 Å². The molecule has 0 aromatic carbocycles. The van der Waals surface area contributed by atoms with Crippen LogP contribution in [0.5, 0.6) is 0 Å². The molecular formula is C7H14O3S. The van der Waals surface area contributed by atoms with Gasteiger partial charge in [-0.25, -0.2) is 8.42 Å². The summed E-state index contributed by atoms with van der Waals surface area (Å²) in [6.07, 6.45) is 0.0787. The molecule has 0 saturated heterocycles. The molecule has 0 atom stereocenters. The van der Waals surface area contributed by atoms with E-state index in [0.29, 0.717) is 0 Å². The van der Waals surface area contributed by atoms with Crippen LogP contribution in [0.2, 0.25) is 0 Å². The van der Waals surface area contributed by atoms with Gasteiger partial charge in [-0.05, 0) is 13.8 Å². The first-order valence-electron chi connectivity index (χ1n) is 3.45. The van der Waals surface area contributed by atoms with Crippen LogP contribution in [0.25, 0.3) is 0 Å². The van der Waals surface area contributed by atoms with Gasteiger partial charge in [-0.15, -0.1) is 0 Å². The van der Waals surface area contributed by atoms with Crippen molar-refractivity contribution in [2.24, 2.45) is 0 Å². The van der Waals surface area contributed by atoms with Gasteiger partial charge in [0, 0.05) is 5.41 Å². The van der Waals surface area contributed by atoms with Crippen LogP contribution in [0.15, 0.2) is 12.0 Å². The summed E-state index contributed by atoms with van der Waals surface area (Å²) in [5.41, 5.74) is 0. The summed E-state index contributed by atoms with van der Waals surface area (Å²) >= 11 is 0. The van der Waals surface area contributed by atoms with Crippen LogP contribution < -0.4 is 0 Å². The third kappa shape index (κ3) is 6.06. The molecule has 0 spiro atoms. The average molecular weight is 178 g/mol. The standard InChI is InChI=1S/C7H14O3S/c1-4-11(8,9)6-5-10-7(2)3/h4,7H,1,5-6H2,2-3H3. The highest BCUT2D eigenvalue weighted by atomic mass is 32.2. The van der Waals surface area contributed by atoms with Gasteiger partial charge in [0.05, 0.1) is 18.5 Å². The van der Waals surface area contributed by atoms with E-state index in [1.807, 2.05) is 13.8 Å². The first kappa shape index (κ1) is 10.7. The van der Waals surface area contributed by atoms with E-state index in [9.17, 15) is 8.42 Å². The summed E-state index contributed by atoms with van der Waals surface area (Å²) in [4.78, 5) is 0. The fourth-order valence-corrected chi connectivity index (χ4v) is 0.979. The molecule has 66 valence electrons. The summed E-state index contributed by atoms with van der Waals surface area (Å²) in [7, 11) is -3.08. The number of sulfone groups is 1. The predicted octanol–water partition coefficient (Wildman–Crippen LogP) is 0.970. The van der Waals surface area contributed by atoms with Gasteiger partial charge in [-0.2, -0.15) is 0 Å². The summed E-state index contributed by atoms with van der Waals surface area (Å²) in [6.45, 7) is 7.15. The lowest BCUT2D eigenvalue weighted by Crippen LogP contribution is -2.12. The Kier molecular flexibility index (Phi) is 4.37. The highest BCUT2D eigenvalue weighted by molar-refractivity contribution is 7.94. The average Bonchev–Trinajstić information content (AvgIpc) is 1.87. The largest absolute Gasteiger partial charge is 0.378 e.